The molecule has 29 heavy (non-hydrogen) atoms. The molecule has 7 heteroatoms. The van der Waals surface area contributed by atoms with Gasteiger partial charge in [-0.2, -0.15) is 0 Å². The number of amides is 4. The van der Waals surface area contributed by atoms with Crippen LogP contribution in [0.3, 0.4) is 0 Å². The maximum absolute atomic E-state index is 13.0. The minimum absolute atomic E-state index is 0.0670. The molecule has 150 valence electrons. The van der Waals surface area contributed by atoms with E-state index in [2.05, 4.69) is 9.88 Å². The first kappa shape index (κ1) is 19.0. The molecule has 0 spiro atoms. The topological polar surface area (TPSA) is 80.6 Å². The Balaban J connectivity index is 1.60. The predicted molar refractivity (Wildman–Crippen MR) is 109 cm³/mol. The Morgan fingerprint density at radius 1 is 1.10 bits per heavy atom. The molecule has 2 aliphatic rings. The second kappa shape index (κ2) is 7.95. The number of ether oxygens (including phenoxy) is 1. The van der Waals surface area contributed by atoms with Gasteiger partial charge in [0.25, 0.3) is 11.8 Å². The van der Waals surface area contributed by atoms with E-state index in [1.54, 1.807) is 24.3 Å². The van der Waals surface area contributed by atoms with Gasteiger partial charge in [-0.25, -0.2) is 9.69 Å². The van der Waals surface area contributed by atoms with Crippen LogP contribution in [0, 0.1) is 0 Å². The van der Waals surface area contributed by atoms with Crippen molar-refractivity contribution < 1.29 is 19.1 Å². The number of hydrogen-bond donors (Lipinski definition) is 1. The molecule has 0 radical (unpaired) electrons. The van der Waals surface area contributed by atoms with E-state index >= 15 is 0 Å². The summed E-state index contributed by atoms with van der Waals surface area (Å²) in [4.78, 5) is 38.6. The van der Waals surface area contributed by atoms with Gasteiger partial charge in [-0.05, 0) is 61.7 Å². The van der Waals surface area contributed by atoms with Crippen LogP contribution in [0.1, 0.15) is 44.2 Å². The molecule has 2 fully saturated rings. The van der Waals surface area contributed by atoms with Crippen molar-refractivity contribution in [3.8, 4) is 5.75 Å². The van der Waals surface area contributed by atoms with Crippen LogP contribution in [0.4, 0.5) is 10.5 Å². The molecule has 1 saturated heterocycles. The molecule has 1 N–H and O–H groups in total. The Hall–Kier alpha value is -3.35. The molecule has 0 atom stereocenters. The number of nitrogens with one attached hydrogen (secondary N) is 1. The molecule has 1 aliphatic heterocycles. The number of barbiturate groups is 1. The highest BCUT2D eigenvalue weighted by Crippen LogP contribution is 2.30. The predicted octanol–water partition coefficient (Wildman–Crippen LogP) is 3.67. The van der Waals surface area contributed by atoms with Crippen LogP contribution in [0.25, 0.3) is 6.08 Å². The number of carbonyl (C=O) groups is 3. The number of aromatic nitrogens is 1. The van der Waals surface area contributed by atoms with Crippen molar-refractivity contribution in [2.45, 2.75) is 38.6 Å². The standard InChI is InChI=1S/C22H23N3O4/c1-2-29-18-9-7-17(8-10-18)25-21(27)19(20(26)23-22(25)28)13-15-11-12-24(14-15)16-5-3-4-6-16/h7-14,16H,2-6H2,1H3,(H,23,26,28)/b19-13-. The van der Waals surface area contributed by atoms with E-state index in [-0.39, 0.29) is 5.57 Å². The Labute approximate surface area is 168 Å². The van der Waals surface area contributed by atoms with E-state index in [9.17, 15) is 14.4 Å². The first-order valence-corrected chi connectivity index (χ1v) is 9.88. The molecule has 7 nitrogen and oxygen atoms in total. The zero-order valence-electron chi connectivity index (χ0n) is 16.3. The number of urea groups is 1. The van der Waals surface area contributed by atoms with Gasteiger partial charge in [-0.1, -0.05) is 12.8 Å². The minimum atomic E-state index is -0.759. The number of nitrogens with zero attached hydrogens (tertiary/aromatic N) is 2. The lowest BCUT2D eigenvalue weighted by Crippen LogP contribution is -2.54. The fourth-order valence-electron chi connectivity index (χ4n) is 3.86. The summed E-state index contributed by atoms with van der Waals surface area (Å²) in [6, 6.07) is 8.19. The third kappa shape index (κ3) is 3.81. The molecule has 4 amide bonds. The van der Waals surface area contributed by atoms with Crippen LogP contribution < -0.4 is 15.0 Å². The number of carbonyl (C=O) groups excluding carboxylic acids is 3. The first-order chi connectivity index (χ1) is 14.1. The van der Waals surface area contributed by atoms with Crippen molar-refractivity contribution >= 4 is 29.6 Å². The second-order valence-corrected chi connectivity index (χ2v) is 7.22. The lowest BCUT2D eigenvalue weighted by Gasteiger charge is -2.26. The smallest absolute Gasteiger partial charge is 0.335 e. The molecule has 0 bridgehead atoms. The summed E-state index contributed by atoms with van der Waals surface area (Å²) in [5, 5.41) is 2.25. The summed E-state index contributed by atoms with van der Waals surface area (Å²) in [5.41, 5.74) is 1.07. The lowest BCUT2D eigenvalue weighted by molar-refractivity contribution is -0.122. The summed E-state index contributed by atoms with van der Waals surface area (Å²) in [5.74, 6) is -0.687. The van der Waals surface area contributed by atoms with Crippen LogP contribution in [-0.4, -0.2) is 29.0 Å². The van der Waals surface area contributed by atoms with Gasteiger partial charge >= 0.3 is 6.03 Å². The van der Waals surface area contributed by atoms with Crippen LogP contribution >= 0.6 is 0 Å². The number of rotatable bonds is 5. The van der Waals surface area contributed by atoms with Crippen molar-refractivity contribution in [1.29, 1.82) is 0 Å². The molecular weight excluding hydrogens is 370 g/mol. The van der Waals surface area contributed by atoms with E-state index in [1.165, 1.54) is 18.9 Å². The monoisotopic (exact) mass is 393 g/mol. The zero-order chi connectivity index (χ0) is 20.4. The van der Waals surface area contributed by atoms with Crippen LogP contribution in [0.15, 0.2) is 48.3 Å². The van der Waals surface area contributed by atoms with Crippen molar-refractivity contribution in [3.05, 3.63) is 53.9 Å². The van der Waals surface area contributed by atoms with E-state index in [4.69, 9.17) is 4.74 Å². The normalized spacial score (nSPS) is 19.1. The summed E-state index contributed by atoms with van der Waals surface area (Å²) in [6.07, 6.45) is 10.2. The van der Waals surface area contributed by atoms with Crippen molar-refractivity contribution in [1.82, 2.24) is 9.88 Å². The van der Waals surface area contributed by atoms with Gasteiger partial charge < -0.3 is 9.30 Å². The Morgan fingerprint density at radius 3 is 2.52 bits per heavy atom. The minimum Gasteiger partial charge on any atom is -0.494 e. The molecule has 0 unspecified atom stereocenters. The summed E-state index contributed by atoms with van der Waals surface area (Å²) in [7, 11) is 0. The molecular formula is C22H23N3O4. The number of anilines is 1. The van der Waals surface area contributed by atoms with Crippen LogP contribution in [0.2, 0.25) is 0 Å². The molecule has 1 aromatic carbocycles. The quantitative estimate of drug-likeness (QED) is 0.621. The van der Waals surface area contributed by atoms with Gasteiger partial charge in [0, 0.05) is 18.4 Å². The molecule has 2 heterocycles. The fraction of sp³-hybridized carbons (Fsp3) is 0.318. The highest BCUT2D eigenvalue weighted by Gasteiger charge is 2.36. The molecule has 2 aromatic rings. The zero-order valence-corrected chi connectivity index (χ0v) is 16.3. The summed E-state index contributed by atoms with van der Waals surface area (Å²) in [6.45, 7) is 2.39. The SMILES string of the molecule is CCOc1ccc(N2C(=O)NC(=O)/C(=C/c3ccn(C4CCCC4)c3)C2=O)cc1. The highest BCUT2D eigenvalue weighted by atomic mass is 16.5. The van der Waals surface area contributed by atoms with Gasteiger partial charge in [-0.15, -0.1) is 0 Å². The Morgan fingerprint density at radius 2 is 1.83 bits per heavy atom. The average molecular weight is 393 g/mol. The maximum Gasteiger partial charge on any atom is 0.335 e. The second-order valence-electron chi connectivity index (χ2n) is 7.22. The average Bonchev–Trinajstić information content (AvgIpc) is 3.38. The molecule has 1 aromatic heterocycles. The van der Waals surface area contributed by atoms with Gasteiger partial charge in [0.2, 0.25) is 0 Å². The van der Waals surface area contributed by atoms with E-state index in [0.717, 1.165) is 23.3 Å². The van der Waals surface area contributed by atoms with Gasteiger partial charge in [0.05, 0.1) is 12.3 Å². The van der Waals surface area contributed by atoms with Gasteiger partial charge in [0.15, 0.2) is 0 Å². The largest absolute Gasteiger partial charge is 0.494 e. The van der Waals surface area contributed by atoms with E-state index < -0.39 is 17.8 Å². The Kier molecular flexibility index (Phi) is 5.20. The third-order valence-corrected chi connectivity index (χ3v) is 5.30. The maximum atomic E-state index is 13.0. The third-order valence-electron chi connectivity index (χ3n) is 5.30. The summed E-state index contributed by atoms with van der Waals surface area (Å²) < 4.78 is 7.53. The van der Waals surface area contributed by atoms with Crippen molar-refractivity contribution in [2.75, 3.05) is 11.5 Å². The number of benzene rings is 1. The summed E-state index contributed by atoms with van der Waals surface area (Å²) >= 11 is 0. The molecule has 4 rings (SSSR count). The van der Waals surface area contributed by atoms with Crippen LogP contribution in [-0.2, 0) is 9.59 Å². The fourth-order valence-corrected chi connectivity index (χ4v) is 3.86. The van der Waals surface area contributed by atoms with Crippen LogP contribution in [0.5, 0.6) is 5.75 Å². The van der Waals surface area contributed by atoms with E-state index in [1.807, 2.05) is 25.4 Å². The molecule has 1 aliphatic carbocycles. The van der Waals surface area contributed by atoms with E-state index in [0.29, 0.717) is 24.1 Å². The van der Waals surface area contributed by atoms with Gasteiger partial charge in [-0.3, -0.25) is 14.9 Å². The molecule has 1 saturated carbocycles. The number of imide groups is 2. The first-order valence-electron chi connectivity index (χ1n) is 9.88. The lowest BCUT2D eigenvalue weighted by atomic mass is 10.1. The Bertz CT molecular complexity index is 968. The number of hydrogen-bond acceptors (Lipinski definition) is 4. The highest BCUT2D eigenvalue weighted by molar-refractivity contribution is 6.39. The van der Waals surface area contributed by atoms with Crippen molar-refractivity contribution in [3.63, 3.8) is 0 Å². The van der Waals surface area contributed by atoms with Gasteiger partial charge in [0.1, 0.15) is 11.3 Å². The van der Waals surface area contributed by atoms with Crippen molar-refractivity contribution in [2.24, 2.45) is 0 Å².